The molecule has 0 radical (unpaired) electrons. The first-order valence-electron chi connectivity index (χ1n) is 9.33. The second-order valence-corrected chi connectivity index (χ2v) is 7.54. The maximum Gasteiger partial charge on any atom is 0.293 e. The summed E-state index contributed by atoms with van der Waals surface area (Å²) in [5, 5.41) is 17.3. The molecule has 1 aliphatic rings. The smallest absolute Gasteiger partial charge is 0.293 e. The van der Waals surface area contributed by atoms with E-state index in [1.807, 2.05) is 32.6 Å². The normalized spacial score (nSPS) is 17.1. The highest BCUT2D eigenvalue weighted by Gasteiger charge is 2.27. The minimum absolute atomic E-state index is 0.0166. The van der Waals surface area contributed by atoms with Crippen LogP contribution in [0.2, 0.25) is 0 Å². The molecule has 0 bridgehead atoms. The zero-order valence-electron chi connectivity index (χ0n) is 16.3. The molecule has 0 spiro atoms. The zero-order chi connectivity index (χ0) is 20.1. The standard InChI is InChI=1S/C19H28N4O4/c1-12(2)18(24)21-15-6-5-9-22(11-15)16-8-7-14(10-17(16)23(26)27)19(25)20-13(3)4/h7-8,10,12-13,15H,5-6,9,11H2,1-4H3,(H,20,25)(H,21,24). The van der Waals surface area contributed by atoms with E-state index in [1.165, 1.54) is 6.07 Å². The van der Waals surface area contributed by atoms with Crippen molar-refractivity contribution in [2.45, 2.75) is 52.6 Å². The van der Waals surface area contributed by atoms with Crippen molar-refractivity contribution in [3.63, 3.8) is 0 Å². The molecule has 2 rings (SSSR count). The molecule has 1 atom stereocenters. The largest absolute Gasteiger partial charge is 0.364 e. The van der Waals surface area contributed by atoms with Gasteiger partial charge in [-0.1, -0.05) is 13.8 Å². The first kappa shape index (κ1) is 20.7. The molecular weight excluding hydrogens is 348 g/mol. The van der Waals surface area contributed by atoms with Crippen molar-refractivity contribution in [1.29, 1.82) is 0 Å². The highest BCUT2D eigenvalue weighted by atomic mass is 16.6. The van der Waals surface area contributed by atoms with Gasteiger partial charge in [0.05, 0.1) is 4.92 Å². The second kappa shape index (κ2) is 8.83. The number of amides is 2. The van der Waals surface area contributed by atoms with Gasteiger partial charge in [0, 0.05) is 42.7 Å². The third kappa shape index (κ3) is 5.42. The lowest BCUT2D eigenvalue weighted by molar-refractivity contribution is -0.384. The number of hydrogen-bond donors (Lipinski definition) is 2. The molecule has 1 saturated heterocycles. The molecule has 1 fully saturated rings. The number of carbonyl (C=O) groups excluding carboxylic acids is 2. The van der Waals surface area contributed by atoms with Crippen LogP contribution in [0.3, 0.4) is 0 Å². The zero-order valence-corrected chi connectivity index (χ0v) is 16.3. The summed E-state index contributed by atoms with van der Waals surface area (Å²) in [5.74, 6) is -0.453. The van der Waals surface area contributed by atoms with Crippen LogP contribution >= 0.6 is 0 Å². The summed E-state index contributed by atoms with van der Waals surface area (Å²) in [6, 6.07) is 4.46. The van der Waals surface area contributed by atoms with E-state index in [-0.39, 0.29) is 41.1 Å². The highest BCUT2D eigenvalue weighted by molar-refractivity contribution is 5.96. The molecule has 148 valence electrons. The molecule has 2 amide bonds. The fourth-order valence-corrected chi connectivity index (χ4v) is 3.11. The third-order valence-electron chi connectivity index (χ3n) is 4.49. The van der Waals surface area contributed by atoms with Crippen LogP contribution in [0, 0.1) is 16.0 Å². The number of anilines is 1. The Bertz CT molecular complexity index is 718. The number of benzene rings is 1. The van der Waals surface area contributed by atoms with Crippen molar-refractivity contribution >= 4 is 23.2 Å². The average Bonchev–Trinajstić information content (AvgIpc) is 2.60. The van der Waals surface area contributed by atoms with Gasteiger partial charge in [-0.05, 0) is 38.8 Å². The molecule has 8 nitrogen and oxygen atoms in total. The summed E-state index contributed by atoms with van der Waals surface area (Å²) in [5.41, 5.74) is 0.646. The van der Waals surface area contributed by atoms with E-state index >= 15 is 0 Å². The quantitative estimate of drug-likeness (QED) is 0.586. The number of piperidine rings is 1. The van der Waals surface area contributed by atoms with Crippen LogP contribution in [-0.2, 0) is 4.79 Å². The monoisotopic (exact) mass is 376 g/mol. The lowest BCUT2D eigenvalue weighted by Crippen LogP contribution is -2.49. The van der Waals surface area contributed by atoms with Gasteiger partial charge in [0.1, 0.15) is 5.69 Å². The van der Waals surface area contributed by atoms with Crippen LogP contribution in [0.5, 0.6) is 0 Å². The van der Waals surface area contributed by atoms with E-state index in [2.05, 4.69) is 10.6 Å². The summed E-state index contributed by atoms with van der Waals surface area (Å²) < 4.78 is 0. The van der Waals surface area contributed by atoms with Gasteiger partial charge < -0.3 is 15.5 Å². The number of rotatable bonds is 6. The molecule has 1 aliphatic heterocycles. The van der Waals surface area contributed by atoms with E-state index in [9.17, 15) is 19.7 Å². The molecule has 2 N–H and O–H groups in total. The fourth-order valence-electron chi connectivity index (χ4n) is 3.11. The second-order valence-electron chi connectivity index (χ2n) is 7.54. The van der Waals surface area contributed by atoms with Crippen molar-refractivity contribution in [3.05, 3.63) is 33.9 Å². The summed E-state index contributed by atoms with van der Waals surface area (Å²) in [6.45, 7) is 8.52. The summed E-state index contributed by atoms with van der Waals surface area (Å²) >= 11 is 0. The lowest BCUT2D eigenvalue weighted by Gasteiger charge is -2.34. The maximum absolute atomic E-state index is 12.2. The Morgan fingerprint density at radius 2 is 1.96 bits per heavy atom. The van der Waals surface area contributed by atoms with Crippen LogP contribution < -0.4 is 15.5 Å². The van der Waals surface area contributed by atoms with E-state index in [0.717, 1.165) is 12.8 Å². The number of nitrogens with one attached hydrogen (secondary N) is 2. The van der Waals surface area contributed by atoms with E-state index in [4.69, 9.17) is 0 Å². The molecule has 0 aromatic heterocycles. The van der Waals surface area contributed by atoms with E-state index in [0.29, 0.717) is 18.8 Å². The summed E-state index contributed by atoms with van der Waals surface area (Å²) in [4.78, 5) is 37.2. The van der Waals surface area contributed by atoms with Gasteiger partial charge in [0.2, 0.25) is 5.91 Å². The van der Waals surface area contributed by atoms with Gasteiger partial charge in [0.15, 0.2) is 0 Å². The SMILES string of the molecule is CC(C)NC(=O)c1ccc(N2CCCC(NC(=O)C(C)C)C2)c([N+](=O)[O-])c1. The Balaban J connectivity index is 2.22. The Morgan fingerprint density at radius 1 is 1.26 bits per heavy atom. The van der Waals surface area contributed by atoms with Crippen LogP contribution in [0.25, 0.3) is 0 Å². The van der Waals surface area contributed by atoms with Crippen molar-refractivity contribution in [2.24, 2.45) is 5.92 Å². The molecule has 27 heavy (non-hydrogen) atoms. The molecule has 1 aromatic carbocycles. The first-order valence-corrected chi connectivity index (χ1v) is 9.33. The van der Waals surface area contributed by atoms with Crippen LogP contribution in [0.4, 0.5) is 11.4 Å². The predicted molar refractivity (Wildman–Crippen MR) is 104 cm³/mol. The maximum atomic E-state index is 12.2. The van der Waals surface area contributed by atoms with Gasteiger partial charge >= 0.3 is 0 Å². The Morgan fingerprint density at radius 3 is 2.56 bits per heavy atom. The average molecular weight is 376 g/mol. The van der Waals surface area contributed by atoms with Gasteiger partial charge in [-0.25, -0.2) is 0 Å². The molecule has 1 heterocycles. The number of hydrogen-bond acceptors (Lipinski definition) is 5. The van der Waals surface area contributed by atoms with Crippen molar-refractivity contribution in [2.75, 3.05) is 18.0 Å². The number of carbonyl (C=O) groups is 2. The molecule has 0 aliphatic carbocycles. The van der Waals surface area contributed by atoms with Crippen LogP contribution in [0.1, 0.15) is 50.9 Å². The summed E-state index contributed by atoms with van der Waals surface area (Å²) in [6.07, 6.45) is 1.67. The topological polar surface area (TPSA) is 105 Å². The summed E-state index contributed by atoms with van der Waals surface area (Å²) in [7, 11) is 0. The molecular formula is C19H28N4O4. The van der Waals surface area contributed by atoms with Crippen molar-refractivity contribution < 1.29 is 14.5 Å². The van der Waals surface area contributed by atoms with Crippen molar-refractivity contribution in [1.82, 2.24) is 10.6 Å². The number of nitro benzene ring substituents is 1. The molecule has 8 heteroatoms. The van der Waals surface area contributed by atoms with E-state index < -0.39 is 4.92 Å². The third-order valence-corrected chi connectivity index (χ3v) is 4.49. The Labute approximate surface area is 159 Å². The lowest BCUT2D eigenvalue weighted by atomic mass is 10.0. The predicted octanol–water partition coefficient (Wildman–Crippen LogP) is 2.47. The number of nitrogens with zero attached hydrogens (tertiary/aromatic N) is 2. The Kier molecular flexibility index (Phi) is 6.76. The minimum Gasteiger partial charge on any atom is -0.364 e. The van der Waals surface area contributed by atoms with Crippen LogP contribution in [0.15, 0.2) is 18.2 Å². The Hall–Kier alpha value is -2.64. The van der Waals surface area contributed by atoms with Gasteiger partial charge in [-0.2, -0.15) is 0 Å². The van der Waals surface area contributed by atoms with Crippen LogP contribution in [-0.4, -0.2) is 41.9 Å². The fraction of sp³-hybridized carbons (Fsp3) is 0.579. The number of nitro groups is 1. The van der Waals surface area contributed by atoms with E-state index in [1.54, 1.807) is 12.1 Å². The van der Waals surface area contributed by atoms with Gasteiger partial charge in [-0.3, -0.25) is 19.7 Å². The first-order chi connectivity index (χ1) is 12.7. The highest BCUT2D eigenvalue weighted by Crippen LogP contribution is 2.31. The molecule has 1 unspecified atom stereocenters. The minimum atomic E-state index is -0.461. The van der Waals surface area contributed by atoms with Gasteiger partial charge in [0.25, 0.3) is 11.6 Å². The van der Waals surface area contributed by atoms with Crippen molar-refractivity contribution in [3.8, 4) is 0 Å². The molecule has 1 aromatic rings. The molecule has 0 saturated carbocycles. The van der Waals surface area contributed by atoms with Gasteiger partial charge in [-0.15, -0.1) is 0 Å².